The first-order valence-electron chi connectivity index (χ1n) is 9.84. The molecule has 0 radical (unpaired) electrons. The van der Waals surface area contributed by atoms with Gasteiger partial charge in [-0.1, -0.05) is 18.2 Å². The lowest BCUT2D eigenvalue weighted by atomic mass is 10.1. The van der Waals surface area contributed by atoms with Gasteiger partial charge in [0, 0.05) is 11.9 Å². The van der Waals surface area contributed by atoms with Gasteiger partial charge in [-0.3, -0.25) is 9.79 Å². The number of nitrogens with zero attached hydrogens (tertiary/aromatic N) is 1. The van der Waals surface area contributed by atoms with E-state index in [-0.39, 0.29) is 12.5 Å². The molecule has 0 aromatic heterocycles. The predicted octanol–water partition coefficient (Wildman–Crippen LogP) is 5.99. The number of anilines is 1. The molecule has 6 heteroatoms. The van der Waals surface area contributed by atoms with Crippen molar-refractivity contribution in [3.8, 4) is 11.5 Å². The van der Waals surface area contributed by atoms with E-state index < -0.39 is 0 Å². The van der Waals surface area contributed by atoms with Crippen LogP contribution >= 0.6 is 22.6 Å². The van der Waals surface area contributed by atoms with Crippen LogP contribution in [0.2, 0.25) is 0 Å². The maximum Gasteiger partial charge on any atom is 0.262 e. The number of hydrogen-bond donors (Lipinski definition) is 1. The Bertz CT molecular complexity index is 1130. The van der Waals surface area contributed by atoms with Crippen molar-refractivity contribution in [2.24, 2.45) is 4.99 Å². The summed E-state index contributed by atoms with van der Waals surface area (Å²) in [6, 6.07) is 17.5. The van der Waals surface area contributed by atoms with Crippen molar-refractivity contribution in [1.29, 1.82) is 0 Å². The number of hydrogen-bond acceptors (Lipinski definition) is 4. The van der Waals surface area contributed by atoms with Crippen LogP contribution in [-0.4, -0.2) is 25.8 Å². The summed E-state index contributed by atoms with van der Waals surface area (Å²) in [4.78, 5) is 16.8. The smallest absolute Gasteiger partial charge is 0.262 e. The minimum Gasteiger partial charge on any atom is -0.493 e. The van der Waals surface area contributed by atoms with Gasteiger partial charge >= 0.3 is 0 Å². The number of aliphatic imine (C=N–C) groups is 1. The zero-order valence-corrected chi connectivity index (χ0v) is 20.2. The average Bonchev–Trinajstić information content (AvgIpc) is 2.73. The van der Waals surface area contributed by atoms with Gasteiger partial charge in [0.1, 0.15) is 0 Å². The number of benzene rings is 3. The summed E-state index contributed by atoms with van der Waals surface area (Å²) in [5.74, 6) is 0.853. The van der Waals surface area contributed by atoms with Crippen LogP contribution in [0.5, 0.6) is 11.5 Å². The summed E-state index contributed by atoms with van der Waals surface area (Å²) in [7, 11) is 1.58. The van der Waals surface area contributed by atoms with Gasteiger partial charge in [-0.25, -0.2) is 0 Å². The lowest BCUT2D eigenvalue weighted by Gasteiger charge is -2.13. The van der Waals surface area contributed by atoms with E-state index in [0.29, 0.717) is 11.5 Å². The summed E-state index contributed by atoms with van der Waals surface area (Å²) >= 11 is 2.18. The molecule has 0 saturated heterocycles. The quantitative estimate of drug-likeness (QED) is 0.303. The lowest BCUT2D eigenvalue weighted by molar-refractivity contribution is -0.118. The predicted molar refractivity (Wildman–Crippen MR) is 134 cm³/mol. The van der Waals surface area contributed by atoms with E-state index in [9.17, 15) is 4.79 Å². The minimum absolute atomic E-state index is 0.115. The lowest BCUT2D eigenvalue weighted by Crippen LogP contribution is -2.20. The van der Waals surface area contributed by atoms with Crippen LogP contribution in [0.3, 0.4) is 0 Å². The van der Waals surface area contributed by atoms with Crippen LogP contribution in [0.25, 0.3) is 0 Å². The Morgan fingerprint density at radius 3 is 2.58 bits per heavy atom. The molecule has 1 N–H and O–H groups in total. The Morgan fingerprint density at radius 2 is 1.87 bits per heavy atom. The molecule has 0 bridgehead atoms. The largest absolute Gasteiger partial charge is 0.493 e. The molecule has 31 heavy (non-hydrogen) atoms. The molecule has 3 aromatic carbocycles. The van der Waals surface area contributed by atoms with Crippen molar-refractivity contribution < 1.29 is 14.3 Å². The fourth-order valence-corrected chi connectivity index (χ4v) is 3.75. The van der Waals surface area contributed by atoms with Crippen molar-refractivity contribution in [2.45, 2.75) is 20.8 Å². The molecule has 0 atom stereocenters. The van der Waals surface area contributed by atoms with E-state index in [1.807, 2.05) is 49.4 Å². The SMILES string of the molecule is COc1cc(C=Nc2ccc(C)c(C)c2)cc(I)c1OCC(=O)Nc1cccc(C)c1. The van der Waals surface area contributed by atoms with Gasteiger partial charge < -0.3 is 14.8 Å². The third-order valence-corrected chi connectivity index (χ3v) is 5.56. The highest BCUT2D eigenvalue weighted by molar-refractivity contribution is 14.1. The first-order valence-corrected chi connectivity index (χ1v) is 10.9. The number of amides is 1. The fourth-order valence-electron chi connectivity index (χ4n) is 2.97. The zero-order valence-electron chi connectivity index (χ0n) is 18.0. The van der Waals surface area contributed by atoms with E-state index in [2.05, 4.69) is 58.9 Å². The van der Waals surface area contributed by atoms with Crippen molar-refractivity contribution in [2.75, 3.05) is 19.0 Å². The Balaban J connectivity index is 1.70. The van der Waals surface area contributed by atoms with E-state index >= 15 is 0 Å². The molecule has 160 valence electrons. The van der Waals surface area contributed by atoms with Gasteiger partial charge in [0.25, 0.3) is 5.91 Å². The highest BCUT2D eigenvalue weighted by atomic mass is 127. The minimum atomic E-state index is -0.233. The van der Waals surface area contributed by atoms with E-state index in [1.54, 1.807) is 13.3 Å². The van der Waals surface area contributed by atoms with Crippen molar-refractivity contribution in [3.05, 3.63) is 80.4 Å². The van der Waals surface area contributed by atoms with Crippen molar-refractivity contribution >= 4 is 46.1 Å². The molecule has 0 aliphatic heterocycles. The second-order valence-corrected chi connectivity index (χ2v) is 8.43. The molecule has 0 fully saturated rings. The molecule has 3 rings (SSSR count). The molecule has 5 nitrogen and oxygen atoms in total. The van der Waals surface area contributed by atoms with Gasteiger partial charge in [0.2, 0.25) is 0 Å². The Morgan fingerprint density at radius 1 is 1.06 bits per heavy atom. The maximum atomic E-state index is 12.3. The molecule has 0 aliphatic carbocycles. The molecule has 1 amide bonds. The third-order valence-electron chi connectivity index (χ3n) is 4.75. The third kappa shape index (κ3) is 6.30. The zero-order chi connectivity index (χ0) is 22.4. The van der Waals surface area contributed by atoms with Crippen molar-refractivity contribution in [1.82, 2.24) is 0 Å². The van der Waals surface area contributed by atoms with Gasteiger partial charge in [-0.2, -0.15) is 0 Å². The van der Waals surface area contributed by atoms with E-state index in [4.69, 9.17) is 9.47 Å². The number of ether oxygens (including phenoxy) is 2. The highest BCUT2D eigenvalue weighted by Gasteiger charge is 2.13. The molecule has 0 unspecified atom stereocenters. The topological polar surface area (TPSA) is 59.9 Å². The van der Waals surface area contributed by atoms with Crippen molar-refractivity contribution in [3.63, 3.8) is 0 Å². The summed E-state index contributed by atoms with van der Waals surface area (Å²) in [6.45, 7) is 6.01. The molecular formula is C25H25IN2O3. The number of halogens is 1. The number of nitrogens with one attached hydrogen (secondary N) is 1. The molecule has 0 heterocycles. The monoisotopic (exact) mass is 528 g/mol. The van der Waals surface area contributed by atoms with E-state index in [0.717, 1.165) is 26.1 Å². The summed E-state index contributed by atoms with van der Waals surface area (Å²) in [5.41, 5.74) is 6.04. The van der Waals surface area contributed by atoms with Gasteiger partial charge in [0.05, 0.1) is 16.4 Å². The van der Waals surface area contributed by atoms with Gasteiger partial charge in [-0.05, 0) is 102 Å². The molecular weight excluding hydrogens is 503 g/mol. The Kier molecular flexibility index (Phi) is 7.68. The van der Waals surface area contributed by atoms with E-state index in [1.165, 1.54) is 11.1 Å². The summed E-state index contributed by atoms with van der Waals surface area (Å²) < 4.78 is 12.1. The Labute approximate surface area is 196 Å². The van der Waals surface area contributed by atoms with Crippen LogP contribution in [-0.2, 0) is 4.79 Å². The number of rotatable bonds is 7. The summed E-state index contributed by atoms with van der Waals surface area (Å²) in [6.07, 6.45) is 1.79. The maximum absolute atomic E-state index is 12.3. The first-order chi connectivity index (χ1) is 14.9. The summed E-state index contributed by atoms with van der Waals surface area (Å²) in [5, 5.41) is 2.84. The molecule has 0 aliphatic rings. The number of carbonyl (C=O) groups is 1. The molecule has 0 saturated carbocycles. The highest BCUT2D eigenvalue weighted by Crippen LogP contribution is 2.33. The number of methoxy groups -OCH3 is 1. The standard InChI is InChI=1S/C25H25IN2O3/c1-16-6-5-7-21(10-16)28-24(29)15-31-25-22(26)12-19(13-23(25)30-4)14-27-20-9-8-17(2)18(3)11-20/h5-14H,15H2,1-4H3,(H,28,29). The Hall–Kier alpha value is -2.87. The van der Waals surface area contributed by atoms with Gasteiger partial charge in [-0.15, -0.1) is 0 Å². The normalized spacial score (nSPS) is 10.9. The van der Waals surface area contributed by atoms with Gasteiger partial charge in [0.15, 0.2) is 18.1 Å². The fraction of sp³-hybridized carbons (Fsp3) is 0.200. The van der Waals surface area contributed by atoms with Crippen LogP contribution in [0, 0.1) is 24.3 Å². The second kappa shape index (κ2) is 10.4. The molecule has 3 aromatic rings. The van der Waals surface area contributed by atoms with Crippen LogP contribution in [0.4, 0.5) is 11.4 Å². The number of carbonyl (C=O) groups excluding carboxylic acids is 1. The average molecular weight is 528 g/mol. The first kappa shape index (κ1) is 22.8. The van der Waals surface area contributed by atoms with Crippen LogP contribution < -0.4 is 14.8 Å². The molecule has 0 spiro atoms. The second-order valence-electron chi connectivity index (χ2n) is 7.27. The van der Waals surface area contributed by atoms with Crippen LogP contribution in [0.15, 0.2) is 59.6 Å². The number of aryl methyl sites for hydroxylation is 3. The van der Waals surface area contributed by atoms with Crippen LogP contribution in [0.1, 0.15) is 22.3 Å².